The third kappa shape index (κ3) is 6.28. The molecular formula is C25H18BrClN2O4S. The quantitative estimate of drug-likeness (QED) is 0.342. The minimum atomic E-state index is -0.496. The molecule has 4 rings (SSSR count). The minimum absolute atomic E-state index is 0.260. The van der Waals surface area contributed by atoms with Gasteiger partial charge in [0.15, 0.2) is 0 Å². The van der Waals surface area contributed by atoms with Crippen molar-refractivity contribution in [1.29, 1.82) is 0 Å². The molecule has 1 aliphatic rings. The summed E-state index contributed by atoms with van der Waals surface area (Å²) < 4.78 is 6.64. The van der Waals surface area contributed by atoms with E-state index in [9.17, 15) is 14.4 Å². The molecule has 9 heteroatoms. The molecule has 1 aliphatic heterocycles. The van der Waals surface area contributed by atoms with Crippen LogP contribution in [0.2, 0.25) is 5.02 Å². The number of hydrogen-bond acceptors (Lipinski definition) is 5. The molecule has 0 atom stereocenters. The summed E-state index contributed by atoms with van der Waals surface area (Å²) in [5.41, 5.74) is 2.31. The van der Waals surface area contributed by atoms with E-state index in [1.54, 1.807) is 66.7 Å². The Labute approximate surface area is 214 Å². The van der Waals surface area contributed by atoms with Crippen LogP contribution in [0.3, 0.4) is 0 Å². The Kier molecular flexibility index (Phi) is 7.72. The number of ether oxygens (including phenoxy) is 1. The molecular weight excluding hydrogens is 540 g/mol. The van der Waals surface area contributed by atoms with Crippen LogP contribution >= 0.6 is 39.3 Å². The fourth-order valence-corrected chi connectivity index (χ4v) is 4.30. The van der Waals surface area contributed by atoms with Crippen molar-refractivity contribution in [3.05, 3.63) is 98.3 Å². The van der Waals surface area contributed by atoms with Gasteiger partial charge in [-0.1, -0.05) is 51.8 Å². The van der Waals surface area contributed by atoms with Crippen LogP contribution in [0.15, 0.2) is 82.2 Å². The second-order valence-corrected chi connectivity index (χ2v) is 9.65. The normalized spacial score (nSPS) is 14.5. The SMILES string of the molecule is O=C(CN1C(=O)S/C(=C/c2ccc(OCc3ccc(Cl)cc3)cc2)C1=O)Nc1ccc(Br)cc1. The first-order valence-corrected chi connectivity index (χ1v) is 12.1. The van der Waals surface area contributed by atoms with Crippen LogP contribution in [0, 0.1) is 0 Å². The lowest BCUT2D eigenvalue weighted by molar-refractivity contribution is -0.127. The highest BCUT2D eigenvalue weighted by Gasteiger charge is 2.36. The van der Waals surface area contributed by atoms with Crippen LogP contribution < -0.4 is 10.1 Å². The van der Waals surface area contributed by atoms with Crippen molar-refractivity contribution in [1.82, 2.24) is 4.90 Å². The van der Waals surface area contributed by atoms with Crippen LogP contribution in [0.1, 0.15) is 11.1 Å². The first kappa shape index (κ1) is 24.1. The number of nitrogens with zero attached hydrogens (tertiary/aromatic N) is 1. The molecule has 1 heterocycles. The maximum absolute atomic E-state index is 12.7. The highest BCUT2D eigenvalue weighted by molar-refractivity contribution is 9.10. The van der Waals surface area contributed by atoms with E-state index in [1.165, 1.54) is 0 Å². The number of thioether (sulfide) groups is 1. The van der Waals surface area contributed by atoms with E-state index in [2.05, 4.69) is 21.2 Å². The number of imide groups is 1. The molecule has 3 aromatic rings. The molecule has 0 spiro atoms. The minimum Gasteiger partial charge on any atom is -0.489 e. The van der Waals surface area contributed by atoms with Crippen molar-refractivity contribution in [2.45, 2.75) is 6.61 Å². The Morgan fingerprint density at radius 1 is 1.00 bits per heavy atom. The van der Waals surface area contributed by atoms with Crippen LogP contribution in [0.5, 0.6) is 5.75 Å². The Bertz CT molecular complexity index is 1250. The second kappa shape index (κ2) is 10.9. The van der Waals surface area contributed by atoms with E-state index in [0.717, 1.165) is 32.3 Å². The maximum Gasteiger partial charge on any atom is 0.294 e. The summed E-state index contributed by atoms with van der Waals surface area (Å²) in [7, 11) is 0. The lowest BCUT2D eigenvalue weighted by Crippen LogP contribution is -2.36. The van der Waals surface area contributed by atoms with Crippen molar-refractivity contribution < 1.29 is 19.1 Å². The predicted octanol–water partition coefficient (Wildman–Crippen LogP) is 6.36. The third-order valence-corrected chi connectivity index (χ3v) is 6.49. The molecule has 1 saturated heterocycles. The molecule has 34 heavy (non-hydrogen) atoms. The molecule has 3 aromatic carbocycles. The van der Waals surface area contributed by atoms with Crippen molar-refractivity contribution >= 4 is 68.1 Å². The van der Waals surface area contributed by atoms with Crippen molar-refractivity contribution in [2.24, 2.45) is 0 Å². The third-order valence-electron chi connectivity index (χ3n) is 4.80. The van der Waals surface area contributed by atoms with Gasteiger partial charge in [-0.3, -0.25) is 19.3 Å². The van der Waals surface area contributed by atoms with Crippen LogP contribution in [-0.2, 0) is 16.2 Å². The number of carbonyl (C=O) groups excluding carboxylic acids is 3. The number of rotatable bonds is 7. The first-order chi connectivity index (χ1) is 16.4. The van der Waals surface area contributed by atoms with Gasteiger partial charge in [0.1, 0.15) is 18.9 Å². The Hall–Kier alpha value is -3.07. The standard InChI is InChI=1S/C25H18BrClN2O4S/c26-18-5-9-20(10-6-18)28-23(30)14-29-24(31)22(34-25(29)32)13-16-3-11-21(12-4-16)33-15-17-1-7-19(27)8-2-17/h1-13H,14-15H2,(H,28,30)/b22-13+. The van der Waals surface area contributed by atoms with Crippen molar-refractivity contribution in [2.75, 3.05) is 11.9 Å². The summed E-state index contributed by atoms with van der Waals surface area (Å²) in [4.78, 5) is 38.5. The number of nitrogens with one attached hydrogen (secondary N) is 1. The smallest absolute Gasteiger partial charge is 0.294 e. The zero-order chi connectivity index (χ0) is 24.1. The van der Waals surface area contributed by atoms with Crippen LogP contribution in [0.4, 0.5) is 10.5 Å². The van der Waals surface area contributed by atoms with Gasteiger partial charge in [-0.15, -0.1) is 0 Å². The summed E-state index contributed by atoms with van der Waals surface area (Å²) in [6.45, 7) is 0.0489. The molecule has 0 saturated carbocycles. The number of halogens is 2. The lowest BCUT2D eigenvalue weighted by Gasteiger charge is -2.12. The van der Waals surface area contributed by atoms with Gasteiger partial charge in [-0.25, -0.2) is 0 Å². The first-order valence-electron chi connectivity index (χ1n) is 10.2. The van der Waals surface area contributed by atoms with Gasteiger partial charge in [0, 0.05) is 15.2 Å². The molecule has 1 N–H and O–H groups in total. The predicted molar refractivity (Wildman–Crippen MR) is 138 cm³/mol. The van der Waals surface area contributed by atoms with Crippen molar-refractivity contribution in [3.63, 3.8) is 0 Å². The number of anilines is 1. The zero-order valence-corrected chi connectivity index (χ0v) is 20.8. The molecule has 172 valence electrons. The van der Waals surface area contributed by atoms with E-state index in [4.69, 9.17) is 16.3 Å². The van der Waals surface area contributed by atoms with Gasteiger partial charge in [-0.2, -0.15) is 0 Å². The summed E-state index contributed by atoms with van der Waals surface area (Å²) >= 11 is 10.0. The lowest BCUT2D eigenvalue weighted by atomic mass is 10.2. The molecule has 0 radical (unpaired) electrons. The van der Waals surface area contributed by atoms with E-state index in [-0.39, 0.29) is 11.4 Å². The molecule has 0 unspecified atom stereocenters. The van der Waals surface area contributed by atoms with E-state index >= 15 is 0 Å². The number of hydrogen-bond donors (Lipinski definition) is 1. The Balaban J connectivity index is 1.35. The summed E-state index contributed by atoms with van der Waals surface area (Å²) in [6, 6.07) is 21.6. The fraction of sp³-hybridized carbons (Fsp3) is 0.0800. The van der Waals surface area contributed by atoms with Gasteiger partial charge in [-0.05, 0) is 77.5 Å². The largest absolute Gasteiger partial charge is 0.489 e. The number of carbonyl (C=O) groups is 3. The Morgan fingerprint density at radius 2 is 1.68 bits per heavy atom. The van der Waals surface area contributed by atoms with Crippen LogP contribution in [0.25, 0.3) is 6.08 Å². The number of amides is 3. The topological polar surface area (TPSA) is 75.7 Å². The summed E-state index contributed by atoms with van der Waals surface area (Å²) in [5.74, 6) is -0.276. The van der Waals surface area contributed by atoms with Gasteiger partial charge in [0.25, 0.3) is 11.1 Å². The van der Waals surface area contributed by atoms with Gasteiger partial charge >= 0.3 is 0 Å². The second-order valence-electron chi connectivity index (χ2n) is 7.31. The average Bonchev–Trinajstić information content (AvgIpc) is 3.08. The van der Waals surface area contributed by atoms with Gasteiger partial charge in [0.2, 0.25) is 5.91 Å². The van der Waals surface area contributed by atoms with E-state index in [0.29, 0.717) is 23.1 Å². The summed E-state index contributed by atoms with van der Waals surface area (Å²) in [5, 5.41) is 2.87. The van der Waals surface area contributed by atoms with E-state index in [1.807, 2.05) is 12.1 Å². The van der Waals surface area contributed by atoms with Gasteiger partial charge < -0.3 is 10.1 Å². The molecule has 0 aliphatic carbocycles. The molecule has 6 nitrogen and oxygen atoms in total. The van der Waals surface area contributed by atoms with E-state index < -0.39 is 17.1 Å². The molecule has 0 aromatic heterocycles. The average molecular weight is 558 g/mol. The Morgan fingerprint density at radius 3 is 2.35 bits per heavy atom. The zero-order valence-electron chi connectivity index (χ0n) is 17.7. The molecule has 1 fully saturated rings. The summed E-state index contributed by atoms with van der Waals surface area (Å²) in [6.07, 6.45) is 1.63. The number of benzene rings is 3. The maximum atomic E-state index is 12.7. The highest BCUT2D eigenvalue weighted by atomic mass is 79.9. The molecule has 0 bridgehead atoms. The fourth-order valence-electron chi connectivity index (χ4n) is 3.07. The monoisotopic (exact) mass is 556 g/mol. The van der Waals surface area contributed by atoms with Gasteiger partial charge in [0.05, 0.1) is 4.91 Å². The highest BCUT2D eigenvalue weighted by Crippen LogP contribution is 2.32. The molecule has 3 amide bonds. The van der Waals surface area contributed by atoms with Crippen molar-refractivity contribution in [3.8, 4) is 5.75 Å². The van der Waals surface area contributed by atoms with Crippen LogP contribution in [-0.4, -0.2) is 28.5 Å².